The Bertz CT molecular complexity index is 660. The Kier molecular flexibility index (Phi) is 4.83. The van der Waals surface area contributed by atoms with Gasteiger partial charge in [0.2, 0.25) is 0 Å². The summed E-state index contributed by atoms with van der Waals surface area (Å²) in [6.07, 6.45) is 0.802. The molecule has 0 unspecified atom stereocenters. The van der Waals surface area contributed by atoms with E-state index in [-0.39, 0.29) is 10.8 Å². The number of nitrogens with one attached hydrogen (secondary N) is 1. The average molecular weight is 354 g/mol. The standard InChI is InChI=1S/C15H13BrFNOS/c1-2-9-7-11(16)4-6-13(9)18-15(19)10-3-5-12(17)14(20)8-10/h3-8,20H,2H2,1H3,(H,18,19). The topological polar surface area (TPSA) is 29.1 Å². The maximum atomic E-state index is 13.1. The molecule has 2 nitrogen and oxygen atoms in total. The number of carbonyl (C=O) groups is 1. The summed E-state index contributed by atoms with van der Waals surface area (Å²) >= 11 is 7.38. The van der Waals surface area contributed by atoms with Crippen molar-refractivity contribution in [2.24, 2.45) is 0 Å². The SMILES string of the molecule is CCc1cc(Br)ccc1NC(=O)c1ccc(F)c(S)c1. The summed E-state index contributed by atoms with van der Waals surface area (Å²) in [5, 5.41) is 2.84. The third-order valence-electron chi connectivity index (χ3n) is 2.90. The summed E-state index contributed by atoms with van der Waals surface area (Å²) in [5.74, 6) is -0.722. The molecule has 0 atom stereocenters. The molecule has 20 heavy (non-hydrogen) atoms. The highest BCUT2D eigenvalue weighted by molar-refractivity contribution is 9.10. The number of carbonyl (C=O) groups excluding carboxylic acids is 1. The Hall–Kier alpha value is -1.33. The number of aryl methyl sites for hydroxylation is 1. The molecule has 0 saturated carbocycles. The van der Waals surface area contributed by atoms with Crippen LogP contribution in [0.3, 0.4) is 0 Å². The first-order valence-corrected chi connectivity index (χ1v) is 7.33. The minimum atomic E-state index is -0.442. The van der Waals surface area contributed by atoms with Crippen LogP contribution in [0.1, 0.15) is 22.8 Å². The fourth-order valence-electron chi connectivity index (χ4n) is 1.83. The van der Waals surface area contributed by atoms with Gasteiger partial charge >= 0.3 is 0 Å². The Morgan fingerprint density at radius 1 is 1.30 bits per heavy atom. The van der Waals surface area contributed by atoms with E-state index in [1.807, 2.05) is 25.1 Å². The highest BCUT2D eigenvalue weighted by atomic mass is 79.9. The quantitative estimate of drug-likeness (QED) is 0.770. The van der Waals surface area contributed by atoms with Gasteiger partial charge in [-0.2, -0.15) is 0 Å². The van der Waals surface area contributed by atoms with E-state index in [4.69, 9.17) is 0 Å². The number of halogens is 2. The predicted octanol–water partition coefficient (Wildman–Crippen LogP) is 4.69. The van der Waals surface area contributed by atoms with Crippen molar-refractivity contribution in [3.63, 3.8) is 0 Å². The molecular formula is C15H13BrFNOS. The summed E-state index contributed by atoms with van der Waals surface area (Å²) in [7, 11) is 0. The molecule has 2 aromatic rings. The Balaban J connectivity index is 2.25. The van der Waals surface area contributed by atoms with Crippen LogP contribution < -0.4 is 5.32 Å². The van der Waals surface area contributed by atoms with Gasteiger partial charge in [0.25, 0.3) is 5.91 Å². The highest BCUT2D eigenvalue weighted by Crippen LogP contribution is 2.23. The van der Waals surface area contributed by atoms with Crippen molar-refractivity contribution in [1.82, 2.24) is 0 Å². The number of hydrogen-bond acceptors (Lipinski definition) is 2. The molecule has 5 heteroatoms. The van der Waals surface area contributed by atoms with E-state index >= 15 is 0 Å². The van der Waals surface area contributed by atoms with Gasteiger partial charge in [-0.3, -0.25) is 4.79 Å². The summed E-state index contributed by atoms with van der Waals surface area (Å²) in [4.78, 5) is 12.3. The van der Waals surface area contributed by atoms with Gasteiger partial charge in [0, 0.05) is 20.6 Å². The van der Waals surface area contributed by atoms with E-state index < -0.39 is 5.82 Å². The van der Waals surface area contributed by atoms with Crippen LogP contribution in [0, 0.1) is 5.82 Å². The maximum absolute atomic E-state index is 13.1. The number of rotatable bonds is 3. The second-order valence-corrected chi connectivity index (χ2v) is 5.67. The van der Waals surface area contributed by atoms with Gasteiger partial charge in [0.1, 0.15) is 5.82 Å². The van der Waals surface area contributed by atoms with Crippen molar-refractivity contribution >= 4 is 40.2 Å². The van der Waals surface area contributed by atoms with Gasteiger partial charge in [-0.15, -0.1) is 12.6 Å². The van der Waals surface area contributed by atoms with Gasteiger partial charge in [-0.25, -0.2) is 4.39 Å². The lowest BCUT2D eigenvalue weighted by Gasteiger charge is -2.11. The molecule has 0 fully saturated rings. The van der Waals surface area contributed by atoms with Crippen LogP contribution in [0.2, 0.25) is 0 Å². The van der Waals surface area contributed by atoms with Crippen molar-refractivity contribution in [3.8, 4) is 0 Å². The van der Waals surface area contributed by atoms with Crippen LogP contribution in [0.4, 0.5) is 10.1 Å². The molecule has 0 aliphatic rings. The summed E-state index contributed by atoms with van der Waals surface area (Å²) in [5.41, 5.74) is 2.16. The minimum absolute atomic E-state index is 0.157. The van der Waals surface area contributed by atoms with Crippen LogP contribution >= 0.6 is 28.6 Å². The highest BCUT2D eigenvalue weighted by Gasteiger charge is 2.10. The number of benzene rings is 2. The van der Waals surface area contributed by atoms with E-state index in [1.165, 1.54) is 18.2 Å². The van der Waals surface area contributed by atoms with E-state index in [9.17, 15) is 9.18 Å². The van der Waals surface area contributed by atoms with Gasteiger partial charge < -0.3 is 5.32 Å². The lowest BCUT2D eigenvalue weighted by atomic mass is 10.1. The molecular weight excluding hydrogens is 341 g/mol. The minimum Gasteiger partial charge on any atom is -0.322 e. The van der Waals surface area contributed by atoms with Gasteiger partial charge in [0.15, 0.2) is 0 Å². The second kappa shape index (κ2) is 6.41. The summed E-state index contributed by atoms with van der Waals surface area (Å²) in [6, 6.07) is 9.76. The Morgan fingerprint density at radius 2 is 2.05 bits per heavy atom. The van der Waals surface area contributed by atoms with Crippen molar-refractivity contribution in [3.05, 3.63) is 57.8 Å². The van der Waals surface area contributed by atoms with Crippen LogP contribution in [0.5, 0.6) is 0 Å². The zero-order chi connectivity index (χ0) is 14.7. The van der Waals surface area contributed by atoms with Crippen molar-refractivity contribution in [1.29, 1.82) is 0 Å². The Morgan fingerprint density at radius 3 is 2.70 bits per heavy atom. The normalized spacial score (nSPS) is 10.4. The fraction of sp³-hybridized carbons (Fsp3) is 0.133. The van der Waals surface area contributed by atoms with Gasteiger partial charge in [-0.1, -0.05) is 22.9 Å². The summed E-state index contributed by atoms with van der Waals surface area (Å²) in [6.45, 7) is 2.02. The summed E-state index contributed by atoms with van der Waals surface area (Å²) < 4.78 is 14.1. The molecule has 1 N–H and O–H groups in total. The smallest absolute Gasteiger partial charge is 0.255 e. The molecule has 0 radical (unpaired) electrons. The van der Waals surface area contributed by atoms with E-state index in [2.05, 4.69) is 33.9 Å². The van der Waals surface area contributed by atoms with E-state index in [1.54, 1.807) is 0 Å². The van der Waals surface area contributed by atoms with Crippen molar-refractivity contribution < 1.29 is 9.18 Å². The first kappa shape index (κ1) is 15.1. The van der Waals surface area contributed by atoms with Crippen LogP contribution in [-0.2, 0) is 6.42 Å². The molecule has 2 aromatic carbocycles. The molecule has 2 rings (SSSR count). The number of anilines is 1. The molecule has 104 valence electrons. The first-order chi connectivity index (χ1) is 9.51. The van der Waals surface area contributed by atoms with Crippen LogP contribution in [-0.4, -0.2) is 5.91 Å². The first-order valence-electron chi connectivity index (χ1n) is 6.09. The molecule has 0 aliphatic heterocycles. The molecule has 1 amide bonds. The van der Waals surface area contributed by atoms with Crippen LogP contribution in [0.25, 0.3) is 0 Å². The third kappa shape index (κ3) is 3.41. The van der Waals surface area contributed by atoms with E-state index in [0.29, 0.717) is 5.56 Å². The lowest BCUT2D eigenvalue weighted by Crippen LogP contribution is -2.13. The van der Waals surface area contributed by atoms with Gasteiger partial charge in [-0.05, 0) is 48.4 Å². The number of hydrogen-bond donors (Lipinski definition) is 2. The molecule has 0 bridgehead atoms. The largest absolute Gasteiger partial charge is 0.322 e. The van der Waals surface area contributed by atoms with E-state index in [0.717, 1.165) is 22.1 Å². The fourth-order valence-corrected chi connectivity index (χ4v) is 2.45. The third-order valence-corrected chi connectivity index (χ3v) is 3.74. The molecule has 0 aromatic heterocycles. The average Bonchev–Trinajstić information content (AvgIpc) is 2.43. The van der Waals surface area contributed by atoms with Crippen molar-refractivity contribution in [2.45, 2.75) is 18.2 Å². The number of amides is 1. The zero-order valence-electron chi connectivity index (χ0n) is 10.8. The molecule has 0 spiro atoms. The molecule has 0 saturated heterocycles. The number of thiol groups is 1. The molecule has 0 aliphatic carbocycles. The Labute approximate surface area is 130 Å². The lowest BCUT2D eigenvalue weighted by molar-refractivity contribution is 0.102. The van der Waals surface area contributed by atoms with Crippen LogP contribution in [0.15, 0.2) is 45.8 Å². The second-order valence-electron chi connectivity index (χ2n) is 4.28. The zero-order valence-corrected chi connectivity index (χ0v) is 13.3. The predicted molar refractivity (Wildman–Crippen MR) is 85.1 cm³/mol. The van der Waals surface area contributed by atoms with Crippen molar-refractivity contribution in [2.75, 3.05) is 5.32 Å². The monoisotopic (exact) mass is 353 g/mol. The van der Waals surface area contributed by atoms with Gasteiger partial charge in [0.05, 0.1) is 0 Å². The maximum Gasteiger partial charge on any atom is 0.255 e. The molecule has 0 heterocycles.